The zero-order chi connectivity index (χ0) is 13.7. The molecule has 4 nitrogen and oxygen atoms in total. The van der Waals surface area contributed by atoms with Crippen LogP contribution in [0.3, 0.4) is 0 Å². The van der Waals surface area contributed by atoms with Gasteiger partial charge >= 0.3 is 10.4 Å². The van der Waals surface area contributed by atoms with Crippen LogP contribution >= 0.6 is 0 Å². The lowest BCUT2D eigenvalue weighted by Gasteiger charge is -2.04. The molecule has 1 N–H and O–H groups in total. The van der Waals surface area contributed by atoms with Gasteiger partial charge in [0.1, 0.15) is 5.75 Å². The van der Waals surface area contributed by atoms with Crippen LogP contribution in [-0.4, -0.2) is 13.0 Å². The normalized spacial score (nSPS) is 11.2. The molecule has 2 rings (SSSR count). The summed E-state index contributed by atoms with van der Waals surface area (Å²) < 4.78 is 33.9. The Morgan fingerprint density at radius 2 is 1.37 bits per heavy atom. The molecule has 19 heavy (non-hydrogen) atoms. The van der Waals surface area contributed by atoms with Crippen molar-refractivity contribution in [1.82, 2.24) is 0 Å². The molecular formula is C14H14O4S. The van der Waals surface area contributed by atoms with Gasteiger partial charge in [-0.3, -0.25) is 4.55 Å². The predicted molar refractivity (Wildman–Crippen MR) is 72.5 cm³/mol. The van der Waals surface area contributed by atoms with E-state index < -0.39 is 10.4 Å². The maximum atomic E-state index is 10.5. The van der Waals surface area contributed by atoms with Crippen LogP contribution in [0.5, 0.6) is 5.75 Å². The van der Waals surface area contributed by atoms with Crippen LogP contribution in [0.1, 0.15) is 11.1 Å². The van der Waals surface area contributed by atoms with Crippen molar-refractivity contribution in [2.45, 2.75) is 12.8 Å². The molecule has 0 fully saturated rings. The third-order valence-corrected chi connectivity index (χ3v) is 3.07. The van der Waals surface area contributed by atoms with Crippen LogP contribution in [0, 0.1) is 0 Å². The summed E-state index contributed by atoms with van der Waals surface area (Å²) in [5, 5.41) is 0. The highest BCUT2D eigenvalue weighted by atomic mass is 32.3. The first-order valence-electron chi connectivity index (χ1n) is 5.83. The molecule has 0 spiro atoms. The molecule has 0 radical (unpaired) electrons. The van der Waals surface area contributed by atoms with Gasteiger partial charge in [-0.05, 0) is 36.1 Å². The average Bonchev–Trinajstić information content (AvgIpc) is 2.37. The lowest BCUT2D eigenvalue weighted by Crippen LogP contribution is -2.06. The van der Waals surface area contributed by atoms with Crippen molar-refractivity contribution in [2.24, 2.45) is 0 Å². The van der Waals surface area contributed by atoms with Crippen molar-refractivity contribution >= 4 is 10.4 Å². The molecule has 0 aliphatic rings. The molecule has 0 saturated heterocycles. The topological polar surface area (TPSA) is 63.6 Å². The number of rotatable bonds is 5. The van der Waals surface area contributed by atoms with Gasteiger partial charge in [0.2, 0.25) is 0 Å². The standard InChI is InChI=1S/C14H14O4S/c15-19(16,17)18-14-10-8-13(9-11-14)7-6-12-4-2-1-3-5-12/h1-5,8-11H,6-7H2,(H,15,16,17). The molecule has 0 amide bonds. The van der Waals surface area contributed by atoms with Crippen LogP contribution < -0.4 is 4.18 Å². The minimum Gasteiger partial charge on any atom is -0.362 e. The summed E-state index contributed by atoms with van der Waals surface area (Å²) in [6, 6.07) is 16.7. The van der Waals surface area contributed by atoms with Crippen LogP contribution in [0.4, 0.5) is 0 Å². The maximum absolute atomic E-state index is 10.5. The molecule has 0 heterocycles. The average molecular weight is 278 g/mol. The highest BCUT2D eigenvalue weighted by Crippen LogP contribution is 2.15. The molecule has 2 aromatic rings. The molecule has 0 aromatic heterocycles. The molecule has 0 unspecified atom stereocenters. The van der Waals surface area contributed by atoms with Crippen LogP contribution in [0.15, 0.2) is 54.6 Å². The first-order chi connectivity index (χ1) is 9.03. The third-order valence-electron chi connectivity index (χ3n) is 2.67. The molecule has 0 saturated carbocycles. The summed E-state index contributed by atoms with van der Waals surface area (Å²) in [4.78, 5) is 0. The molecule has 0 aliphatic heterocycles. The van der Waals surface area contributed by atoms with Gasteiger partial charge in [-0.2, -0.15) is 8.42 Å². The van der Waals surface area contributed by atoms with E-state index >= 15 is 0 Å². The van der Waals surface area contributed by atoms with Gasteiger partial charge in [0.25, 0.3) is 0 Å². The van der Waals surface area contributed by atoms with E-state index in [1.54, 1.807) is 12.1 Å². The largest absolute Gasteiger partial charge is 0.446 e. The number of benzene rings is 2. The van der Waals surface area contributed by atoms with Crippen molar-refractivity contribution in [1.29, 1.82) is 0 Å². The summed E-state index contributed by atoms with van der Waals surface area (Å²) in [7, 11) is -4.45. The van der Waals surface area contributed by atoms with Gasteiger partial charge in [-0.15, -0.1) is 0 Å². The zero-order valence-electron chi connectivity index (χ0n) is 10.2. The third kappa shape index (κ3) is 4.73. The molecule has 0 atom stereocenters. The second-order valence-electron chi connectivity index (χ2n) is 4.14. The fourth-order valence-electron chi connectivity index (χ4n) is 1.77. The first-order valence-corrected chi connectivity index (χ1v) is 7.19. The van der Waals surface area contributed by atoms with E-state index in [0.29, 0.717) is 0 Å². The Morgan fingerprint density at radius 3 is 1.89 bits per heavy atom. The predicted octanol–water partition coefficient (Wildman–Crippen LogP) is 2.65. The Kier molecular flexibility index (Phi) is 4.19. The van der Waals surface area contributed by atoms with Crippen molar-refractivity contribution in [3.8, 4) is 5.75 Å². The van der Waals surface area contributed by atoms with Gasteiger partial charge in [0.15, 0.2) is 0 Å². The van der Waals surface area contributed by atoms with E-state index in [1.165, 1.54) is 17.7 Å². The fraction of sp³-hybridized carbons (Fsp3) is 0.143. The molecule has 5 heteroatoms. The molecule has 0 bridgehead atoms. The monoisotopic (exact) mass is 278 g/mol. The Balaban J connectivity index is 1.96. The maximum Gasteiger partial charge on any atom is 0.446 e. The summed E-state index contributed by atoms with van der Waals surface area (Å²) in [6.45, 7) is 0. The number of aryl methyl sites for hydroxylation is 2. The van der Waals surface area contributed by atoms with E-state index in [1.807, 2.05) is 18.2 Å². The molecule has 0 aliphatic carbocycles. The van der Waals surface area contributed by atoms with Crippen LogP contribution in [-0.2, 0) is 23.2 Å². The smallest absolute Gasteiger partial charge is 0.362 e. The van der Waals surface area contributed by atoms with E-state index in [0.717, 1.165) is 18.4 Å². The van der Waals surface area contributed by atoms with E-state index in [2.05, 4.69) is 16.3 Å². The second-order valence-corrected chi connectivity index (χ2v) is 5.16. The Labute approximate surface area is 112 Å². The quantitative estimate of drug-likeness (QED) is 0.854. The summed E-state index contributed by atoms with van der Waals surface area (Å²) >= 11 is 0. The fourth-order valence-corrected chi connectivity index (χ4v) is 2.12. The van der Waals surface area contributed by atoms with Crippen molar-refractivity contribution in [3.63, 3.8) is 0 Å². The van der Waals surface area contributed by atoms with E-state index in [-0.39, 0.29) is 5.75 Å². The highest BCUT2D eigenvalue weighted by Gasteiger charge is 2.06. The lowest BCUT2D eigenvalue weighted by atomic mass is 10.0. The van der Waals surface area contributed by atoms with Crippen LogP contribution in [0.25, 0.3) is 0 Å². The minimum atomic E-state index is -4.45. The number of hydrogen-bond donors (Lipinski definition) is 1. The van der Waals surface area contributed by atoms with Gasteiger partial charge in [-0.1, -0.05) is 42.5 Å². The summed E-state index contributed by atoms with van der Waals surface area (Å²) in [5.74, 6) is 0.103. The second kappa shape index (κ2) is 5.86. The van der Waals surface area contributed by atoms with Crippen LogP contribution in [0.2, 0.25) is 0 Å². The van der Waals surface area contributed by atoms with E-state index in [4.69, 9.17) is 4.55 Å². The number of hydrogen-bond acceptors (Lipinski definition) is 3. The zero-order valence-corrected chi connectivity index (χ0v) is 11.0. The highest BCUT2D eigenvalue weighted by molar-refractivity contribution is 7.81. The van der Waals surface area contributed by atoms with Crippen molar-refractivity contribution in [2.75, 3.05) is 0 Å². The Hall–Kier alpha value is -1.85. The SMILES string of the molecule is O=S(=O)(O)Oc1ccc(CCc2ccccc2)cc1. The minimum absolute atomic E-state index is 0.103. The van der Waals surface area contributed by atoms with Gasteiger partial charge in [-0.25, -0.2) is 0 Å². The van der Waals surface area contributed by atoms with Gasteiger partial charge in [0, 0.05) is 0 Å². The Bertz CT molecular complexity index is 618. The van der Waals surface area contributed by atoms with E-state index in [9.17, 15) is 8.42 Å². The van der Waals surface area contributed by atoms with Crippen molar-refractivity contribution < 1.29 is 17.2 Å². The van der Waals surface area contributed by atoms with Crippen molar-refractivity contribution in [3.05, 3.63) is 65.7 Å². The molecule has 100 valence electrons. The summed E-state index contributed by atoms with van der Waals surface area (Å²) in [5.41, 5.74) is 2.33. The van der Waals surface area contributed by atoms with Gasteiger partial charge in [0.05, 0.1) is 0 Å². The summed E-state index contributed by atoms with van der Waals surface area (Å²) in [6.07, 6.45) is 1.77. The first kappa shape index (κ1) is 13.6. The molecule has 2 aromatic carbocycles. The van der Waals surface area contributed by atoms with Gasteiger partial charge < -0.3 is 4.18 Å². The lowest BCUT2D eigenvalue weighted by molar-refractivity contribution is 0.387. The molecular weight excluding hydrogens is 264 g/mol. The Morgan fingerprint density at radius 1 is 0.842 bits per heavy atom.